The molecular formula is C21H19N3. The summed E-state index contributed by atoms with van der Waals surface area (Å²) in [5.74, 6) is 0. The molecule has 3 nitrogen and oxygen atoms in total. The van der Waals surface area contributed by atoms with E-state index < -0.39 is 0 Å². The van der Waals surface area contributed by atoms with E-state index in [1.807, 2.05) is 18.3 Å². The van der Waals surface area contributed by atoms with Crippen LogP contribution in [0.2, 0.25) is 0 Å². The van der Waals surface area contributed by atoms with Gasteiger partial charge in [-0.15, -0.1) is 0 Å². The number of hydrogen-bond donors (Lipinski definition) is 1. The van der Waals surface area contributed by atoms with Gasteiger partial charge in [0, 0.05) is 42.6 Å². The van der Waals surface area contributed by atoms with Crippen molar-refractivity contribution in [3.05, 3.63) is 96.4 Å². The van der Waals surface area contributed by atoms with E-state index in [0.29, 0.717) is 0 Å². The number of rotatable bonds is 5. The van der Waals surface area contributed by atoms with Gasteiger partial charge in [-0.2, -0.15) is 0 Å². The van der Waals surface area contributed by atoms with Crippen LogP contribution in [0.3, 0.4) is 0 Å². The van der Waals surface area contributed by atoms with Crippen LogP contribution >= 0.6 is 0 Å². The smallest absolute Gasteiger partial charge is 0.0529 e. The predicted octanol–water partition coefficient (Wildman–Crippen LogP) is 4.70. The van der Waals surface area contributed by atoms with Crippen LogP contribution in [0.25, 0.3) is 10.9 Å². The molecule has 2 aromatic heterocycles. The van der Waals surface area contributed by atoms with Gasteiger partial charge in [-0.25, -0.2) is 0 Å². The standard InChI is InChI=1S/C21H19N3/c1-2-7-17(8-3-1)15-24-16-18(20-10-4-5-11-21(20)24)13-23-19-9-6-12-22-14-19/h1-12,14,16,23H,13,15H2. The molecule has 4 aromatic rings. The lowest BCUT2D eigenvalue weighted by atomic mass is 10.2. The molecule has 0 aliphatic carbocycles. The second-order valence-corrected chi connectivity index (χ2v) is 5.88. The topological polar surface area (TPSA) is 29.9 Å². The van der Waals surface area contributed by atoms with Gasteiger partial charge in [0.2, 0.25) is 0 Å². The highest BCUT2D eigenvalue weighted by atomic mass is 15.0. The molecule has 118 valence electrons. The van der Waals surface area contributed by atoms with Crippen LogP contribution in [0.4, 0.5) is 5.69 Å². The summed E-state index contributed by atoms with van der Waals surface area (Å²) < 4.78 is 2.32. The third-order valence-electron chi connectivity index (χ3n) is 4.21. The van der Waals surface area contributed by atoms with Crippen molar-refractivity contribution in [3.8, 4) is 0 Å². The molecule has 0 amide bonds. The number of benzene rings is 2. The van der Waals surface area contributed by atoms with E-state index in [1.165, 1.54) is 22.0 Å². The Morgan fingerprint density at radius 1 is 0.875 bits per heavy atom. The van der Waals surface area contributed by atoms with Crippen molar-refractivity contribution in [2.24, 2.45) is 0 Å². The molecule has 0 bridgehead atoms. The first-order valence-corrected chi connectivity index (χ1v) is 8.15. The fourth-order valence-corrected chi connectivity index (χ4v) is 3.04. The lowest BCUT2D eigenvalue weighted by Gasteiger charge is -2.05. The minimum atomic E-state index is 0.786. The molecule has 2 aromatic carbocycles. The largest absolute Gasteiger partial charge is 0.380 e. The van der Waals surface area contributed by atoms with E-state index in [4.69, 9.17) is 0 Å². The quantitative estimate of drug-likeness (QED) is 0.579. The zero-order chi connectivity index (χ0) is 16.2. The van der Waals surface area contributed by atoms with Crippen molar-refractivity contribution >= 4 is 16.6 Å². The monoisotopic (exact) mass is 313 g/mol. The molecule has 0 unspecified atom stereocenters. The first-order chi connectivity index (χ1) is 11.9. The maximum absolute atomic E-state index is 4.15. The molecule has 0 aliphatic rings. The first-order valence-electron chi connectivity index (χ1n) is 8.15. The molecule has 3 heteroatoms. The van der Waals surface area contributed by atoms with E-state index >= 15 is 0 Å². The second-order valence-electron chi connectivity index (χ2n) is 5.88. The normalized spacial score (nSPS) is 10.8. The van der Waals surface area contributed by atoms with E-state index in [2.05, 4.69) is 75.7 Å². The van der Waals surface area contributed by atoms with Gasteiger partial charge in [0.25, 0.3) is 0 Å². The summed E-state index contributed by atoms with van der Waals surface area (Å²) in [6.45, 7) is 1.67. The number of nitrogens with one attached hydrogen (secondary N) is 1. The van der Waals surface area contributed by atoms with Crippen LogP contribution in [0.5, 0.6) is 0 Å². The summed E-state index contributed by atoms with van der Waals surface area (Å²) in [4.78, 5) is 4.15. The molecule has 0 saturated heterocycles. The SMILES string of the molecule is c1ccc(Cn2cc(CNc3cccnc3)c3ccccc32)cc1. The van der Waals surface area contributed by atoms with Crippen LogP contribution in [0.1, 0.15) is 11.1 Å². The molecule has 1 N–H and O–H groups in total. The van der Waals surface area contributed by atoms with Gasteiger partial charge in [0.1, 0.15) is 0 Å². The molecule has 0 saturated carbocycles. The molecule has 4 rings (SSSR count). The number of fused-ring (bicyclic) bond motifs is 1. The summed E-state index contributed by atoms with van der Waals surface area (Å²) in [7, 11) is 0. The Morgan fingerprint density at radius 3 is 2.54 bits per heavy atom. The lowest BCUT2D eigenvalue weighted by Crippen LogP contribution is -2.00. The van der Waals surface area contributed by atoms with Crippen molar-refractivity contribution in [2.75, 3.05) is 5.32 Å². The predicted molar refractivity (Wildman–Crippen MR) is 99.0 cm³/mol. The molecule has 0 radical (unpaired) electrons. The van der Waals surface area contributed by atoms with Crippen LogP contribution in [-0.4, -0.2) is 9.55 Å². The van der Waals surface area contributed by atoms with Gasteiger partial charge in [-0.1, -0.05) is 48.5 Å². The third kappa shape index (κ3) is 3.01. The molecule has 24 heavy (non-hydrogen) atoms. The molecule has 0 fully saturated rings. The van der Waals surface area contributed by atoms with Crippen LogP contribution < -0.4 is 5.32 Å². The third-order valence-corrected chi connectivity index (χ3v) is 4.21. The maximum Gasteiger partial charge on any atom is 0.0529 e. The molecule has 2 heterocycles. The van der Waals surface area contributed by atoms with Crippen LogP contribution in [0, 0.1) is 0 Å². The summed E-state index contributed by atoms with van der Waals surface area (Å²) in [5, 5.41) is 4.75. The molecule has 0 spiro atoms. The molecule has 0 aliphatic heterocycles. The minimum absolute atomic E-state index is 0.786. The fraction of sp³-hybridized carbons (Fsp3) is 0.0952. The zero-order valence-corrected chi connectivity index (χ0v) is 13.4. The molecule has 0 atom stereocenters. The van der Waals surface area contributed by atoms with E-state index in [0.717, 1.165) is 18.8 Å². The fourth-order valence-electron chi connectivity index (χ4n) is 3.04. The lowest BCUT2D eigenvalue weighted by molar-refractivity contribution is 0.831. The van der Waals surface area contributed by atoms with Gasteiger partial charge >= 0.3 is 0 Å². The number of hydrogen-bond acceptors (Lipinski definition) is 2. The highest BCUT2D eigenvalue weighted by Crippen LogP contribution is 2.23. The number of aromatic nitrogens is 2. The Hall–Kier alpha value is -3.07. The Morgan fingerprint density at radius 2 is 1.71 bits per heavy atom. The Labute approximate surface area is 141 Å². The number of pyridine rings is 1. The van der Waals surface area contributed by atoms with Crippen molar-refractivity contribution in [1.82, 2.24) is 9.55 Å². The van der Waals surface area contributed by atoms with Gasteiger partial charge in [-0.3, -0.25) is 4.98 Å². The highest BCUT2D eigenvalue weighted by molar-refractivity contribution is 5.84. The number of nitrogens with zero attached hydrogens (tertiary/aromatic N) is 2. The number of para-hydroxylation sites is 1. The molecular weight excluding hydrogens is 294 g/mol. The van der Waals surface area contributed by atoms with E-state index in [1.54, 1.807) is 6.20 Å². The minimum Gasteiger partial charge on any atom is -0.380 e. The van der Waals surface area contributed by atoms with Crippen LogP contribution in [-0.2, 0) is 13.1 Å². The Balaban J connectivity index is 1.64. The van der Waals surface area contributed by atoms with Crippen molar-refractivity contribution in [3.63, 3.8) is 0 Å². The van der Waals surface area contributed by atoms with Crippen molar-refractivity contribution in [2.45, 2.75) is 13.1 Å². The van der Waals surface area contributed by atoms with Gasteiger partial charge < -0.3 is 9.88 Å². The Bertz CT molecular complexity index is 927. The van der Waals surface area contributed by atoms with E-state index in [9.17, 15) is 0 Å². The summed E-state index contributed by atoms with van der Waals surface area (Å²) in [6.07, 6.45) is 5.89. The van der Waals surface area contributed by atoms with Crippen molar-refractivity contribution in [1.29, 1.82) is 0 Å². The highest BCUT2D eigenvalue weighted by Gasteiger charge is 2.08. The maximum atomic E-state index is 4.15. The average Bonchev–Trinajstić information content (AvgIpc) is 3.00. The first kappa shape index (κ1) is 14.5. The zero-order valence-electron chi connectivity index (χ0n) is 13.4. The van der Waals surface area contributed by atoms with Gasteiger partial charge in [0.05, 0.1) is 5.69 Å². The average molecular weight is 313 g/mol. The van der Waals surface area contributed by atoms with E-state index in [-0.39, 0.29) is 0 Å². The van der Waals surface area contributed by atoms with Gasteiger partial charge in [-0.05, 0) is 29.3 Å². The summed E-state index contributed by atoms with van der Waals surface area (Å²) >= 11 is 0. The van der Waals surface area contributed by atoms with Crippen LogP contribution in [0.15, 0.2) is 85.3 Å². The summed E-state index contributed by atoms with van der Waals surface area (Å²) in [5.41, 5.74) is 4.91. The number of anilines is 1. The Kier molecular flexibility index (Phi) is 3.98. The van der Waals surface area contributed by atoms with Crippen molar-refractivity contribution < 1.29 is 0 Å². The van der Waals surface area contributed by atoms with Gasteiger partial charge in [0.15, 0.2) is 0 Å². The second kappa shape index (κ2) is 6.59. The summed E-state index contributed by atoms with van der Waals surface area (Å²) in [6, 6.07) is 23.1.